The van der Waals surface area contributed by atoms with Crippen LogP contribution in [0.5, 0.6) is 0 Å². The molecule has 2 rings (SSSR count). The molecule has 1 saturated heterocycles. The Morgan fingerprint density at radius 2 is 1.96 bits per heavy atom. The van der Waals surface area contributed by atoms with Crippen LogP contribution in [0.1, 0.15) is 19.4 Å². The minimum Gasteiger partial charge on any atom is -0.450 e. The number of benzene rings is 1. The lowest BCUT2D eigenvalue weighted by Gasteiger charge is -2.34. The SMILES string of the molecule is CCOC(=O)N1CC[NH+]([C@H](C)C(=O)Nc2ccc(Cl)cc2C(F)(F)F)CC1. The predicted octanol–water partition coefficient (Wildman–Crippen LogP) is 2.04. The second kappa shape index (κ2) is 8.79. The molecule has 0 unspecified atom stereocenters. The first-order valence-corrected chi connectivity index (χ1v) is 8.95. The van der Waals surface area contributed by atoms with E-state index in [2.05, 4.69) is 5.32 Å². The third kappa shape index (κ3) is 5.49. The molecular weight excluding hydrogens is 387 g/mol. The summed E-state index contributed by atoms with van der Waals surface area (Å²) in [6.07, 6.45) is -5.03. The van der Waals surface area contributed by atoms with Crippen molar-refractivity contribution in [2.24, 2.45) is 0 Å². The Balaban J connectivity index is 2.00. The van der Waals surface area contributed by atoms with Crippen LogP contribution in [0.2, 0.25) is 5.02 Å². The number of hydrogen-bond donors (Lipinski definition) is 2. The number of quaternary nitrogens is 1. The molecule has 27 heavy (non-hydrogen) atoms. The minimum atomic E-state index is -4.63. The molecule has 6 nitrogen and oxygen atoms in total. The van der Waals surface area contributed by atoms with E-state index in [1.54, 1.807) is 18.7 Å². The lowest BCUT2D eigenvalue weighted by molar-refractivity contribution is -0.917. The average Bonchev–Trinajstić information content (AvgIpc) is 2.62. The van der Waals surface area contributed by atoms with E-state index in [1.807, 2.05) is 0 Å². The zero-order valence-corrected chi connectivity index (χ0v) is 15.8. The van der Waals surface area contributed by atoms with E-state index in [4.69, 9.17) is 16.3 Å². The number of hydrogen-bond acceptors (Lipinski definition) is 3. The van der Waals surface area contributed by atoms with Gasteiger partial charge in [0, 0.05) is 5.02 Å². The maximum Gasteiger partial charge on any atom is 0.418 e. The summed E-state index contributed by atoms with van der Waals surface area (Å²) in [5.74, 6) is -0.526. The van der Waals surface area contributed by atoms with Gasteiger partial charge in [-0.2, -0.15) is 13.2 Å². The van der Waals surface area contributed by atoms with Crippen molar-refractivity contribution in [2.75, 3.05) is 38.1 Å². The van der Waals surface area contributed by atoms with Crippen molar-refractivity contribution in [3.8, 4) is 0 Å². The van der Waals surface area contributed by atoms with Gasteiger partial charge in [-0.15, -0.1) is 0 Å². The fourth-order valence-corrected chi connectivity index (χ4v) is 3.08. The van der Waals surface area contributed by atoms with E-state index in [-0.39, 0.29) is 17.3 Å². The Bertz CT molecular complexity index is 692. The van der Waals surface area contributed by atoms with Gasteiger partial charge in [0.1, 0.15) is 0 Å². The summed E-state index contributed by atoms with van der Waals surface area (Å²) in [5, 5.41) is 2.29. The number of rotatable bonds is 4. The molecule has 1 aromatic rings. The van der Waals surface area contributed by atoms with E-state index < -0.39 is 29.8 Å². The number of halogens is 4. The summed E-state index contributed by atoms with van der Waals surface area (Å²) < 4.78 is 44.4. The zero-order valence-electron chi connectivity index (χ0n) is 15.0. The maximum atomic E-state index is 13.2. The first kappa shape index (κ1) is 21.3. The summed E-state index contributed by atoms with van der Waals surface area (Å²) >= 11 is 5.65. The number of nitrogens with one attached hydrogen (secondary N) is 2. The molecule has 0 aliphatic carbocycles. The number of anilines is 1. The highest BCUT2D eigenvalue weighted by atomic mass is 35.5. The molecule has 0 aromatic heterocycles. The van der Waals surface area contributed by atoms with Gasteiger partial charge in [0.25, 0.3) is 5.91 Å². The molecule has 150 valence electrons. The molecule has 0 radical (unpaired) electrons. The molecule has 1 aliphatic heterocycles. The maximum absolute atomic E-state index is 13.2. The Morgan fingerprint density at radius 1 is 1.33 bits per heavy atom. The van der Waals surface area contributed by atoms with Crippen LogP contribution in [-0.4, -0.2) is 55.7 Å². The first-order valence-electron chi connectivity index (χ1n) is 8.57. The molecule has 0 spiro atoms. The standard InChI is InChI=1S/C17H21ClF3N3O3/c1-3-27-16(26)24-8-6-23(7-9-24)11(2)15(25)22-14-5-4-12(18)10-13(14)17(19,20)21/h4-5,10-11H,3,6-9H2,1-2H3,(H,22,25)/p+1/t11-/m1/s1. The van der Waals surface area contributed by atoms with Crippen LogP contribution in [0.4, 0.5) is 23.7 Å². The summed E-state index contributed by atoms with van der Waals surface area (Å²) in [6, 6.07) is 2.64. The van der Waals surface area contributed by atoms with Crippen molar-refractivity contribution < 1.29 is 32.4 Å². The molecule has 1 aromatic carbocycles. The molecular formula is C17H22ClF3N3O3+. The average molecular weight is 409 g/mol. The monoisotopic (exact) mass is 408 g/mol. The number of carbonyl (C=O) groups excluding carboxylic acids is 2. The van der Waals surface area contributed by atoms with E-state index in [1.165, 1.54) is 6.07 Å². The summed E-state index contributed by atoms with van der Waals surface area (Å²) in [5.41, 5.74) is -1.31. The van der Waals surface area contributed by atoms with Crippen LogP contribution < -0.4 is 10.2 Å². The Labute approximate surface area is 160 Å². The van der Waals surface area contributed by atoms with Crippen molar-refractivity contribution in [1.29, 1.82) is 0 Å². The van der Waals surface area contributed by atoms with Crippen LogP contribution in [0.25, 0.3) is 0 Å². The second-order valence-corrected chi connectivity index (χ2v) is 6.68. The van der Waals surface area contributed by atoms with Crippen LogP contribution in [0, 0.1) is 0 Å². The molecule has 1 heterocycles. The van der Waals surface area contributed by atoms with Gasteiger partial charge in [0.2, 0.25) is 0 Å². The Hall–Kier alpha value is -2.00. The number of piperazine rings is 1. The third-order valence-electron chi connectivity index (χ3n) is 4.48. The first-order chi connectivity index (χ1) is 12.6. The smallest absolute Gasteiger partial charge is 0.418 e. The molecule has 2 amide bonds. The van der Waals surface area contributed by atoms with Crippen LogP contribution in [0.3, 0.4) is 0 Å². The Kier molecular flexibility index (Phi) is 6.94. The highest BCUT2D eigenvalue weighted by molar-refractivity contribution is 6.30. The number of nitrogens with zero attached hydrogens (tertiary/aromatic N) is 1. The second-order valence-electron chi connectivity index (χ2n) is 6.24. The molecule has 1 fully saturated rings. The van der Waals surface area contributed by atoms with Gasteiger partial charge in [-0.05, 0) is 32.0 Å². The van der Waals surface area contributed by atoms with Crippen LogP contribution in [0.15, 0.2) is 18.2 Å². The molecule has 1 atom stereocenters. The van der Waals surface area contributed by atoms with E-state index >= 15 is 0 Å². The summed E-state index contributed by atoms with van der Waals surface area (Å²) in [7, 11) is 0. The predicted molar refractivity (Wildman–Crippen MR) is 93.8 cm³/mol. The highest BCUT2D eigenvalue weighted by Crippen LogP contribution is 2.36. The minimum absolute atomic E-state index is 0.0610. The molecule has 2 N–H and O–H groups in total. The fourth-order valence-electron chi connectivity index (χ4n) is 2.91. The lowest BCUT2D eigenvalue weighted by atomic mass is 10.1. The van der Waals surface area contributed by atoms with Crippen molar-refractivity contribution in [1.82, 2.24) is 4.90 Å². The summed E-state index contributed by atoms with van der Waals surface area (Å²) in [6.45, 7) is 5.49. The van der Waals surface area contributed by atoms with Crippen LogP contribution >= 0.6 is 11.6 Å². The molecule has 10 heteroatoms. The van der Waals surface area contributed by atoms with Gasteiger partial charge in [-0.3, -0.25) is 9.69 Å². The van der Waals surface area contributed by atoms with Crippen LogP contribution in [-0.2, 0) is 15.7 Å². The van der Waals surface area contributed by atoms with Gasteiger partial charge in [0.15, 0.2) is 6.04 Å². The molecule has 0 bridgehead atoms. The topological polar surface area (TPSA) is 63.1 Å². The van der Waals surface area contributed by atoms with Gasteiger partial charge in [0.05, 0.1) is 44.0 Å². The molecule has 0 saturated carbocycles. The third-order valence-corrected chi connectivity index (χ3v) is 4.72. The van der Waals surface area contributed by atoms with E-state index in [9.17, 15) is 22.8 Å². The highest BCUT2D eigenvalue weighted by Gasteiger charge is 2.36. The van der Waals surface area contributed by atoms with Crippen molar-refractivity contribution in [2.45, 2.75) is 26.1 Å². The number of ether oxygens (including phenoxy) is 1. The number of carbonyl (C=O) groups is 2. The van der Waals surface area contributed by atoms with Gasteiger partial charge in [-0.1, -0.05) is 11.6 Å². The Morgan fingerprint density at radius 3 is 2.52 bits per heavy atom. The lowest BCUT2D eigenvalue weighted by Crippen LogP contribution is -3.19. The van der Waals surface area contributed by atoms with Crippen molar-refractivity contribution >= 4 is 29.3 Å². The van der Waals surface area contributed by atoms with Crippen molar-refractivity contribution in [3.63, 3.8) is 0 Å². The normalized spacial score (nSPS) is 16.7. The molecule has 1 aliphatic rings. The van der Waals surface area contributed by atoms with E-state index in [0.29, 0.717) is 26.2 Å². The number of alkyl halides is 3. The zero-order chi connectivity index (χ0) is 20.2. The quantitative estimate of drug-likeness (QED) is 0.801. The van der Waals surface area contributed by atoms with E-state index in [0.717, 1.165) is 17.0 Å². The fraction of sp³-hybridized carbons (Fsp3) is 0.529. The van der Waals surface area contributed by atoms with Crippen molar-refractivity contribution in [3.05, 3.63) is 28.8 Å². The van der Waals surface area contributed by atoms with Gasteiger partial charge < -0.3 is 15.0 Å². The number of amides is 2. The van der Waals surface area contributed by atoms with Gasteiger partial charge in [-0.25, -0.2) is 4.79 Å². The summed E-state index contributed by atoms with van der Waals surface area (Å²) in [4.78, 5) is 26.6. The van der Waals surface area contributed by atoms with Gasteiger partial charge >= 0.3 is 12.3 Å². The largest absolute Gasteiger partial charge is 0.450 e.